The third-order valence-electron chi connectivity index (χ3n) is 5.83. The third kappa shape index (κ3) is 7.25. The number of amides is 2. The number of nitrogens with zero attached hydrogens (tertiary/aromatic N) is 3. The van der Waals surface area contributed by atoms with Gasteiger partial charge >= 0.3 is 0 Å². The zero-order valence-electron chi connectivity index (χ0n) is 21.1. The van der Waals surface area contributed by atoms with Gasteiger partial charge in [0.25, 0.3) is 15.7 Å². The van der Waals surface area contributed by atoms with Crippen molar-refractivity contribution in [2.75, 3.05) is 17.4 Å². The van der Waals surface area contributed by atoms with Crippen LogP contribution in [0, 0.1) is 10.1 Å². The van der Waals surface area contributed by atoms with Crippen molar-refractivity contribution in [2.45, 2.75) is 31.3 Å². The largest absolute Gasteiger partial charge is 0.355 e. The Bertz CT molecular complexity index is 1450. The number of anilines is 1. The molecule has 0 bridgehead atoms. The van der Waals surface area contributed by atoms with Gasteiger partial charge in [0.2, 0.25) is 11.8 Å². The number of nitro groups is 1. The summed E-state index contributed by atoms with van der Waals surface area (Å²) in [4.78, 5) is 38.2. The Morgan fingerprint density at radius 2 is 1.67 bits per heavy atom. The van der Waals surface area contributed by atoms with Crippen LogP contribution in [0.5, 0.6) is 0 Å². The number of likely N-dealkylation sites (N-methyl/N-ethyl adjacent to an activating group) is 1. The molecule has 3 aromatic carbocycles. The average molecular weight is 593 g/mol. The van der Waals surface area contributed by atoms with Crippen LogP contribution in [-0.2, 0) is 26.2 Å². The van der Waals surface area contributed by atoms with E-state index in [-0.39, 0.29) is 27.8 Å². The van der Waals surface area contributed by atoms with Gasteiger partial charge in [-0.25, -0.2) is 8.42 Å². The summed E-state index contributed by atoms with van der Waals surface area (Å²) in [5.74, 6) is -1.14. The molecule has 0 aliphatic carbocycles. The smallest absolute Gasteiger partial charge is 0.269 e. The number of benzene rings is 3. The van der Waals surface area contributed by atoms with Crippen molar-refractivity contribution in [3.8, 4) is 0 Å². The minimum absolute atomic E-state index is 0.0351. The number of sulfonamides is 1. The number of hydrogen-bond acceptors (Lipinski definition) is 6. The molecule has 39 heavy (non-hydrogen) atoms. The Labute approximate surface area is 236 Å². The van der Waals surface area contributed by atoms with E-state index < -0.39 is 39.3 Å². The molecule has 3 rings (SSSR count). The molecule has 0 aromatic heterocycles. The molecular weight excluding hydrogens is 567 g/mol. The van der Waals surface area contributed by atoms with Crippen LogP contribution in [0.4, 0.5) is 11.4 Å². The van der Waals surface area contributed by atoms with Crippen molar-refractivity contribution in [2.24, 2.45) is 0 Å². The van der Waals surface area contributed by atoms with Gasteiger partial charge < -0.3 is 10.2 Å². The molecular formula is C26H26Cl2N4O6S. The highest BCUT2D eigenvalue weighted by atomic mass is 35.5. The highest BCUT2D eigenvalue weighted by molar-refractivity contribution is 7.92. The molecule has 1 atom stereocenters. The van der Waals surface area contributed by atoms with Crippen molar-refractivity contribution in [3.05, 3.63) is 98.5 Å². The first-order valence-electron chi connectivity index (χ1n) is 11.8. The van der Waals surface area contributed by atoms with Gasteiger partial charge in [-0.2, -0.15) is 0 Å². The van der Waals surface area contributed by atoms with Gasteiger partial charge in [-0.3, -0.25) is 24.0 Å². The monoisotopic (exact) mass is 592 g/mol. The minimum Gasteiger partial charge on any atom is -0.355 e. The summed E-state index contributed by atoms with van der Waals surface area (Å²) >= 11 is 12.3. The first-order valence-corrected chi connectivity index (χ1v) is 14.0. The van der Waals surface area contributed by atoms with E-state index in [2.05, 4.69) is 5.32 Å². The summed E-state index contributed by atoms with van der Waals surface area (Å²) in [6.07, 6.45) is 0. The molecule has 206 valence electrons. The molecule has 0 spiro atoms. The molecule has 3 aromatic rings. The summed E-state index contributed by atoms with van der Waals surface area (Å²) in [6, 6.07) is 16.0. The minimum atomic E-state index is -4.29. The first-order chi connectivity index (χ1) is 18.4. The second-order valence-electron chi connectivity index (χ2n) is 8.43. The van der Waals surface area contributed by atoms with Gasteiger partial charge in [0.15, 0.2) is 0 Å². The van der Waals surface area contributed by atoms with Crippen molar-refractivity contribution in [1.29, 1.82) is 0 Å². The van der Waals surface area contributed by atoms with E-state index in [4.69, 9.17) is 23.2 Å². The summed E-state index contributed by atoms with van der Waals surface area (Å²) < 4.78 is 28.2. The van der Waals surface area contributed by atoms with Crippen molar-refractivity contribution in [1.82, 2.24) is 10.2 Å². The van der Waals surface area contributed by atoms with Gasteiger partial charge in [-0.1, -0.05) is 47.5 Å². The van der Waals surface area contributed by atoms with Gasteiger partial charge in [-0.05, 0) is 55.8 Å². The van der Waals surface area contributed by atoms with Crippen LogP contribution in [0.3, 0.4) is 0 Å². The Morgan fingerprint density at radius 1 is 1.03 bits per heavy atom. The predicted molar refractivity (Wildman–Crippen MR) is 149 cm³/mol. The van der Waals surface area contributed by atoms with Crippen LogP contribution < -0.4 is 9.62 Å². The first kappa shape index (κ1) is 29.9. The maximum absolute atomic E-state index is 13.8. The Morgan fingerprint density at radius 3 is 2.23 bits per heavy atom. The summed E-state index contributed by atoms with van der Waals surface area (Å²) in [5.41, 5.74) is 0.289. The molecule has 10 nitrogen and oxygen atoms in total. The van der Waals surface area contributed by atoms with Crippen LogP contribution in [0.1, 0.15) is 19.4 Å². The number of nitro benzene ring substituents is 1. The summed E-state index contributed by atoms with van der Waals surface area (Å²) in [7, 11) is -4.29. The van der Waals surface area contributed by atoms with Gasteiger partial charge in [-0.15, -0.1) is 0 Å². The molecule has 13 heteroatoms. The lowest BCUT2D eigenvalue weighted by Gasteiger charge is -2.32. The van der Waals surface area contributed by atoms with Crippen molar-refractivity contribution in [3.63, 3.8) is 0 Å². The second-order valence-corrected chi connectivity index (χ2v) is 11.1. The van der Waals surface area contributed by atoms with Crippen LogP contribution in [0.2, 0.25) is 10.0 Å². The SMILES string of the molecule is CCNC(=O)[C@@H](C)N(Cc1ccc(Cl)cc1Cl)C(=O)CN(c1ccc([N+](=O)[O-])cc1)S(=O)(=O)c1ccccc1. The molecule has 0 aliphatic rings. The molecule has 0 unspecified atom stereocenters. The predicted octanol–water partition coefficient (Wildman–Crippen LogP) is 4.65. The molecule has 0 fully saturated rings. The molecule has 1 N–H and O–H groups in total. The molecule has 0 heterocycles. The summed E-state index contributed by atoms with van der Waals surface area (Å²) in [5, 5.41) is 14.5. The molecule has 0 radical (unpaired) electrons. The average Bonchev–Trinajstić information content (AvgIpc) is 2.91. The van der Waals surface area contributed by atoms with E-state index in [1.165, 1.54) is 54.3 Å². The lowest BCUT2D eigenvalue weighted by Crippen LogP contribution is -2.51. The lowest BCUT2D eigenvalue weighted by molar-refractivity contribution is -0.384. The van der Waals surface area contributed by atoms with Crippen molar-refractivity contribution >= 4 is 56.4 Å². The normalized spacial score (nSPS) is 11.9. The maximum atomic E-state index is 13.8. The second kappa shape index (κ2) is 12.9. The zero-order valence-corrected chi connectivity index (χ0v) is 23.4. The van der Waals surface area contributed by atoms with E-state index in [0.29, 0.717) is 17.1 Å². The van der Waals surface area contributed by atoms with Crippen LogP contribution in [0.25, 0.3) is 0 Å². The number of halogens is 2. The fourth-order valence-corrected chi connectivity index (χ4v) is 5.63. The molecule has 0 saturated carbocycles. The zero-order chi connectivity index (χ0) is 28.7. The van der Waals surface area contributed by atoms with Crippen LogP contribution >= 0.6 is 23.2 Å². The molecule has 0 aliphatic heterocycles. The molecule has 0 saturated heterocycles. The van der Waals surface area contributed by atoms with E-state index >= 15 is 0 Å². The Balaban J connectivity index is 2.05. The van der Waals surface area contributed by atoms with E-state index in [9.17, 15) is 28.1 Å². The number of rotatable bonds is 11. The number of carbonyl (C=O) groups is 2. The molecule has 2 amide bonds. The Kier molecular flexibility index (Phi) is 9.90. The fourth-order valence-electron chi connectivity index (χ4n) is 3.73. The van der Waals surface area contributed by atoms with E-state index in [1.54, 1.807) is 25.1 Å². The highest BCUT2D eigenvalue weighted by Crippen LogP contribution is 2.27. The quantitative estimate of drug-likeness (QED) is 0.255. The van der Waals surface area contributed by atoms with E-state index in [0.717, 1.165) is 16.4 Å². The number of non-ortho nitro benzene ring substituents is 1. The van der Waals surface area contributed by atoms with E-state index in [1.807, 2.05) is 0 Å². The van der Waals surface area contributed by atoms with Gasteiger partial charge in [0, 0.05) is 35.3 Å². The maximum Gasteiger partial charge on any atom is 0.269 e. The van der Waals surface area contributed by atoms with Gasteiger partial charge in [0.05, 0.1) is 15.5 Å². The number of nitrogens with one attached hydrogen (secondary N) is 1. The third-order valence-corrected chi connectivity index (χ3v) is 8.21. The Hall–Kier alpha value is -3.67. The van der Waals surface area contributed by atoms with Gasteiger partial charge in [0.1, 0.15) is 12.6 Å². The topological polar surface area (TPSA) is 130 Å². The highest BCUT2D eigenvalue weighted by Gasteiger charge is 2.32. The standard InChI is InChI=1S/C26H26Cl2N4O6S/c1-3-29-26(34)18(2)30(16-19-9-10-20(27)15-24(19)28)25(33)17-31(21-11-13-22(14-12-21)32(35)36)39(37,38)23-7-5-4-6-8-23/h4-15,18H,3,16-17H2,1-2H3,(H,29,34)/t18-/m1/s1. The van der Waals surface area contributed by atoms with Crippen LogP contribution in [0.15, 0.2) is 77.7 Å². The number of carbonyl (C=O) groups excluding carboxylic acids is 2. The van der Waals surface area contributed by atoms with Crippen LogP contribution in [-0.4, -0.2) is 49.2 Å². The summed E-state index contributed by atoms with van der Waals surface area (Å²) in [6.45, 7) is 2.78. The van der Waals surface area contributed by atoms with Crippen molar-refractivity contribution < 1.29 is 22.9 Å². The fraction of sp³-hybridized carbons (Fsp3) is 0.231. The lowest BCUT2D eigenvalue weighted by atomic mass is 10.1. The number of hydrogen-bond donors (Lipinski definition) is 1.